The molecule has 0 amide bonds. The molecule has 21 heavy (non-hydrogen) atoms. The van der Waals surface area contributed by atoms with E-state index in [1.807, 2.05) is 50.2 Å². The summed E-state index contributed by atoms with van der Waals surface area (Å²) in [5.41, 5.74) is 2.89. The van der Waals surface area contributed by atoms with E-state index in [9.17, 15) is 9.90 Å². The Balaban J connectivity index is 2.40. The molecule has 0 saturated carbocycles. The van der Waals surface area contributed by atoms with Crippen LogP contribution < -0.4 is 10.2 Å². The van der Waals surface area contributed by atoms with Gasteiger partial charge in [-0.2, -0.15) is 0 Å². The first kappa shape index (κ1) is 14.8. The zero-order valence-electron chi connectivity index (χ0n) is 12.4. The Kier molecular flexibility index (Phi) is 4.42. The molecule has 2 N–H and O–H groups in total. The third kappa shape index (κ3) is 3.51. The first-order chi connectivity index (χ1) is 10.0. The number of anilines is 3. The summed E-state index contributed by atoms with van der Waals surface area (Å²) < 4.78 is 0. The third-order valence-corrected chi connectivity index (χ3v) is 3.14. The topological polar surface area (TPSA) is 65.5 Å². The van der Waals surface area contributed by atoms with Gasteiger partial charge in [0.15, 0.2) is 0 Å². The largest absolute Gasteiger partial charge is 0.478 e. The summed E-state index contributed by atoms with van der Waals surface area (Å²) in [5, 5.41) is 12.4. The molecule has 0 unspecified atom stereocenters. The van der Waals surface area contributed by atoms with Crippen LogP contribution >= 0.6 is 0 Å². The molecule has 0 bridgehead atoms. The van der Waals surface area contributed by atoms with Gasteiger partial charge in [-0.05, 0) is 30.7 Å². The van der Waals surface area contributed by atoms with Crippen molar-refractivity contribution in [3.8, 4) is 0 Å². The molecule has 5 nitrogen and oxygen atoms in total. The van der Waals surface area contributed by atoms with E-state index < -0.39 is 5.97 Å². The molecule has 0 fully saturated rings. The number of benzene rings is 1. The second-order valence-electron chi connectivity index (χ2n) is 4.93. The fourth-order valence-corrected chi connectivity index (χ4v) is 2.06. The van der Waals surface area contributed by atoms with E-state index in [-0.39, 0.29) is 5.56 Å². The van der Waals surface area contributed by atoms with Crippen LogP contribution in [-0.2, 0) is 6.42 Å². The molecule has 0 aliphatic rings. The first-order valence-electron chi connectivity index (χ1n) is 6.79. The maximum Gasteiger partial charge on any atom is 0.335 e. The highest BCUT2D eigenvalue weighted by Crippen LogP contribution is 2.27. The highest BCUT2D eigenvalue weighted by molar-refractivity contribution is 5.89. The summed E-state index contributed by atoms with van der Waals surface area (Å²) in [6, 6.07) is 11.0. The van der Waals surface area contributed by atoms with Crippen LogP contribution in [0.2, 0.25) is 0 Å². The summed E-state index contributed by atoms with van der Waals surface area (Å²) in [7, 11) is 3.91. The van der Waals surface area contributed by atoms with Gasteiger partial charge in [0, 0.05) is 19.8 Å². The van der Waals surface area contributed by atoms with Gasteiger partial charge >= 0.3 is 5.97 Å². The van der Waals surface area contributed by atoms with Crippen molar-refractivity contribution in [3.05, 3.63) is 47.7 Å². The van der Waals surface area contributed by atoms with Crippen LogP contribution in [0.15, 0.2) is 36.4 Å². The highest BCUT2D eigenvalue weighted by atomic mass is 16.4. The molecule has 2 rings (SSSR count). The Labute approximate surface area is 124 Å². The summed E-state index contributed by atoms with van der Waals surface area (Å²) >= 11 is 0. The molecule has 1 heterocycles. The summed E-state index contributed by atoms with van der Waals surface area (Å²) in [6.45, 7) is 1.95. The minimum atomic E-state index is -0.948. The van der Waals surface area contributed by atoms with Gasteiger partial charge < -0.3 is 15.3 Å². The van der Waals surface area contributed by atoms with Crippen LogP contribution in [0.3, 0.4) is 0 Å². The number of aryl methyl sites for hydroxylation is 1. The van der Waals surface area contributed by atoms with Crippen molar-refractivity contribution in [1.29, 1.82) is 0 Å². The van der Waals surface area contributed by atoms with Crippen LogP contribution in [0.4, 0.5) is 17.2 Å². The van der Waals surface area contributed by atoms with Crippen LogP contribution in [-0.4, -0.2) is 30.2 Å². The lowest BCUT2D eigenvalue weighted by molar-refractivity contribution is 0.0696. The van der Waals surface area contributed by atoms with Gasteiger partial charge in [0.25, 0.3) is 0 Å². The molecule has 0 radical (unpaired) electrons. The molecular weight excluding hydrogens is 266 g/mol. The van der Waals surface area contributed by atoms with Crippen molar-refractivity contribution >= 4 is 23.2 Å². The molecule has 0 atom stereocenters. The molecule has 0 saturated heterocycles. The van der Waals surface area contributed by atoms with Crippen molar-refractivity contribution in [1.82, 2.24) is 4.98 Å². The van der Waals surface area contributed by atoms with E-state index in [1.54, 1.807) is 12.1 Å². The van der Waals surface area contributed by atoms with E-state index in [0.717, 1.165) is 17.1 Å². The quantitative estimate of drug-likeness (QED) is 0.883. The van der Waals surface area contributed by atoms with E-state index in [2.05, 4.69) is 10.3 Å². The van der Waals surface area contributed by atoms with E-state index in [1.165, 1.54) is 0 Å². The SMILES string of the molecule is CCc1cc(C(=O)O)cc(Nc2ccccc2N(C)C)n1. The average Bonchev–Trinajstić information content (AvgIpc) is 2.47. The second kappa shape index (κ2) is 6.26. The van der Waals surface area contributed by atoms with E-state index in [4.69, 9.17) is 0 Å². The molecule has 5 heteroatoms. The fourth-order valence-electron chi connectivity index (χ4n) is 2.06. The molecule has 0 spiro atoms. The Morgan fingerprint density at radius 1 is 1.29 bits per heavy atom. The number of nitrogens with zero attached hydrogens (tertiary/aromatic N) is 2. The maximum atomic E-state index is 11.2. The fraction of sp³-hybridized carbons (Fsp3) is 0.250. The number of para-hydroxylation sites is 2. The Hall–Kier alpha value is -2.56. The van der Waals surface area contributed by atoms with Gasteiger partial charge in [-0.15, -0.1) is 0 Å². The maximum absolute atomic E-state index is 11.2. The number of nitrogens with one attached hydrogen (secondary N) is 1. The number of aromatic nitrogens is 1. The number of carboxylic acids is 1. The number of rotatable bonds is 5. The van der Waals surface area contributed by atoms with Gasteiger partial charge in [0.2, 0.25) is 0 Å². The van der Waals surface area contributed by atoms with Crippen LogP contribution in [0.25, 0.3) is 0 Å². The highest BCUT2D eigenvalue weighted by Gasteiger charge is 2.10. The lowest BCUT2D eigenvalue weighted by Crippen LogP contribution is -2.11. The first-order valence-corrected chi connectivity index (χ1v) is 6.79. The van der Waals surface area contributed by atoms with Crippen molar-refractivity contribution in [3.63, 3.8) is 0 Å². The Morgan fingerprint density at radius 2 is 2.00 bits per heavy atom. The lowest BCUT2D eigenvalue weighted by atomic mass is 10.2. The number of carbonyl (C=O) groups is 1. The van der Waals surface area contributed by atoms with Crippen LogP contribution in [0.1, 0.15) is 23.0 Å². The summed E-state index contributed by atoms with van der Waals surface area (Å²) in [4.78, 5) is 17.6. The van der Waals surface area contributed by atoms with Crippen molar-refractivity contribution in [2.24, 2.45) is 0 Å². The average molecular weight is 285 g/mol. The molecular formula is C16H19N3O2. The predicted octanol–water partition coefficient (Wildman–Crippen LogP) is 3.15. The number of aromatic carboxylic acids is 1. The smallest absolute Gasteiger partial charge is 0.335 e. The van der Waals surface area contributed by atoms with Gasteiger partial charge in [-0.25, -0.2) is 9.78 Å². The Morgan fingerprint density at radius 3 is 2.62 bits per heavy atom. The molecule has 1 aromatic carbocycles. The molecule has 0 aliphatic heterocycles. The van der Waals surface area contributed by atoms with Gasteiger partial charge in [0.1, 0.15) is 5.82 Å². The van der Waals surface area contributed by atoms with Gasteiger partial charge in [-0.1, -0.05) is 19.1 Å². The van der Waals surface area contributed by atoms with Crippen LogP contribution in [0, 0.1) is 0 Å². The molecule has 110 valence electrons. The minimum absolute atomic E-state index is 0.242. The van der Waals surface area contributed by atoms with Crippen molar-refractivity contribution in [2.75, 3.05) is 24.3 Å². The zero-order valence-corrected chi connectivity index (χ0v) is 12.4. The van der Waals surface area contributed by atoms with Crippen LogP contribution in [0.5, 0.6) is 0 Å². The lowest BCUT2D eigenvalue weighted by Gasteiger charge is -2.18. The van der Waals surface area contributed by atoms with Gasteiger partial charge in [0.05, 0.1) is 16.9 Å². The monoisotopic (exact) mass is 285 g/mol. The normalized spacial score (nSPS) is 10.2. The number of hydrogen-bond acceptors (Lipinski definition) is 4. The number of pyridine rings is 1. The third-order valence-electron chi connectivity index (χ3n) is 3.14. The number of hydrogen-bond donors (Lipinski definition) is 2. The van der Waals surface area contributed by atoms with E-state index >= 15 is 0 Å². The minimum Gasteiger partial charge on any atom is -0.478 e. The second-order valence-corrected chi connectivity index (χ2v) is 4.93. The number of carboxylic acid groups (broad SMARTS) is 1. The van der Waals surface area contributed by atoms with E-state index in [0.29, 0.717) is 12.2 Å². The molecule has 2 aromatic rings. The standard InChI is InChI=1S/C16H19N3O2/c1-4-12-9-11(16(20)21)10-15(17-12)18-13-7-5-6-8-14(13)19(2)3/h5-10H,4H2,1-3H3,(H,17,18)(H,20,21). The zero-order chi connectivity index (χ0) is 15.4. The summed E-state index contributed by atoms with van der Waals surface area (Å²) in [5.74, 6) is -0.405. The predicted molar refractivity (Wildman–Crippen MR) is 84.6 cm³/mol. The van der Waals surface area contributed by atoms with Crippen molar-refractivity contribution in [2.45, 2.75) is 13.3 Å². The van der Waals surface area contributed by atoms with Crippen molar-refractivity contribution < 1.29 is 9.90 Å². The Bertz CT molecular complexity index is 654. The van der Waals surface area contributed by atoms with Gasteiger partial charge in [-0.3, -0.25) is 0 Å². The molecule has 0 aliphatic carbocycles. The summed E-state index contributed by atoms with van der Waals surface area (Å²) in [6.07, 6.45) is 0.686. The molecule has 1 aromatic heterocycles.